The van der Waals surface area contributed by atoms with Crippen molar-refractivity contribution >= 4 is 11.6 Å². The number of hydrogen-bond acceptors (Lipinski definition) is 2. The van der Waals surface area contributed by atoms with Crippen LogP contribution in [-0.4, -0.2) is 15.7 Å². The molecule has 1 N–H and O–H groups in total. The Hall–Kier alpha value is -3.58. The molecule has 0 aliphatic heterocycles. The SMILES string of the molecule is O=C(Nc1ccc(-n2nc(C(F)(F)F)cc2C(F)(F)F)cc1)c1ccc(F)cc1C(F)(F)F. The molecule has 0 saturated carbocycles. The topological polar surface area (TPSA) is 46.9 Å². The highest BCUT2D eigenvalue weighted by Gasteiger charge is 2.42. The van der Waals surface area contributed by atoms with E-state index >= 15 is 0 Å². The van der Waals surface area contributed by atoms with Gasteiger partial charge in [-0.2, -0.15) is 44.6 Å². The molecule has 0 fully saturated rings. The third-order valence-corrected chi connectivity index (χ3v) is 4.19. The van der Waals surface area contributed by atoms with Gasteiger partial charge in [0.15, 0.2) is 5.69 Å². The fourth-order valence-corrected chi connectivity index (χ4v) is 2.75. The number of halogens is 10. The lowest BCUT2D eigenvalue weighted by Gasteiger charge is -2.14. The van der Waals surface area contributed by atoms with Crippen LogP contribution in [-0.2, 0) is 18.5 Å². The number of hydrogen-bond donors (Lipinski definition) is 1. The number of carbonyl (C=O) groups is 1. The maximum atomic E-state index is 13.2. The molecule has 176 valence electrons. The molecular formula is C19H9F10N3O. The Morgan fingerprint density at radius 1 is 0.788 bits per heavy atom. The Kier molecular flexibility index (Phi) is 5.89. The maximum absolute atomic E-state index is 13.2. The molecule has 1 amide bonds. The zero-order chi connectivity index (χ0) is 24.8. The Balaban J connectivity index is 1.91. The molecule has 1 aromatic heterocycles. The summed E-state index contributed by atoms with van der Waals surface area (Å²) in [6.07, 6.45) is -15.4. The van der Waals surface area contributed by atoms with Crippen molar-refractivity contribution in [3.8, 4) is 5.69 Å². The molecule has 4 nitrogen and oxygen atoms in total. The molecule has 0 bridgehead atoms. The minimum atomic E-state index is -5.18. The standard InChI is InChI=1S/C19H9F10N3O/c20-9-1-6-12(13(7-9)17(21,22)23)16(33)30-10-2-4-11(5-3-10)32-15(19(27,28)29)8-14(31-32)18(24,25)26/h1-8H,(H,30,33). The van der Waals surface area contributed by atoms with E-state index in [1.807, 2.05) is 5.32 Å². The monoisotopic (exact) mass is 485 g/mol. The molecule has 14 heteroatoms. The Morgan fingerprint density at radius 2 is 1.39 bits per heavy atom. The summed E-state index contributed by atoms with van der Waals surface area (Å²) in [6.45, 7) is 0. The normalized spacial score (nSPS) is 12.7. The second-order valence-corrected chi connectivity index (χ2v) is 6.51. The summed E-state index contributed by atoms with van der Waals surface area (Å²) in [7, 11) is 0. The highest BCUT2D eigenvalue weighted by molar-refractivity contribution is 6.05. The van der Waals surface area contributed by atoms with Crippen LogP contribution in [0, 0.1) is 5.82 Å². The molecule has 0 aliphatic rings. The summed E-state index contributed by atoms with van der Waals surface area (Å²) in [6, 6.07) is 4.79. The Morgan fingerprint density at radius 3 is 1.91 bits per heavy atom. The zero-order valence-corrected chi connectivity index (χ0v) is 15.7. The number of nitrogens with one attached hydrogen (secondary N) is 1. The van der Waals surface area contributed by atoms with Gasteiger partial charge < -0.3 is 5.32 Å². The predicted molar refractivity (Wildman–Crippen MR) is 92.9 cm³/mol. The molecule has 33 heavy (non-hydrogen) atoms. The molecular weight excluding hydrogens is 476 g/mol. The second kappa shape index (κ2) is 8.08. The number of nitrogens with zero attached hydrogens (tertiary/aromatic N) is 2. The first kappa shape index (κ1) is 24.1. The van der Waals surface area contributed by atoms with Crippen LogP contribution < -0.4 is 5.32 Å². The average molecular weight is 485 g/mol. The van der Waals surface area contributed by atoms with E-state index in [2.05, 4.69) is 5.10 Å². The van der Waals surface area contributed by atoms with Crippen molar-refractivity contribution < 1.29 is 48.7 Å². The lowest BCUT2D eigenvalue weighted by atomic mass is 10.1. The molecule has 1 heterocycles. The Bertz CT molecular complexity index is 1170. The second-order valence-electron chi connectivity index (χ2n) is 6.51. The third kappa shape index (κ3) is 5.26. The first-order valence-electron chi connectivity index (χ1n) is 8.60. The average Bonchev–Trinajstić information content (AvgIpc) is 3.14. The van der Waals surface area contributed by atoms with Gasteiger partial charge in [-0.3, -0.25) is 4.79 Å². The van der Waals surface area contributed by atoms with E-state index in [4.69, 9.17) is 0 Å². The van der Waals surface area contributed by atoms with E-state index in [0.29, 0.717) is 12.1 Å². The van der Waals surface area contributed by atoms with Crippen molar-refractivity contribution in [2.75, 3.05) is 5.32 Å². The largest absolute Gasteiger partial charge is 0.435 e. The van der Waals surface area contributed by atoms with Crippen molar-refractivity contribution in [1.29, 1.82) is 0 Å². The lowest BCUT2D eigenvalue weighted by molar-refractivity contribution is -0.143. The fourth-order valence-electron chi connectivity index (χ4n) is 2.75. The predicted octanol–water partition coefficient (Wildman–Crippen LogP) is 6.32. The van der Waals surface area contributed by atoms with Crippen molar-refractivity contribution in [3.63, 3.8) is 0 Å². The van der Waals surface area contributed by atoms with Gasteiger partial charge in [0.25, 0.3) is 5.91 Å². The fraction of sp³-hybridized carbons (Fsp3) is 0.158. The Labute approximate surface area is 177 Å². The molecule has 2 aromatic carbocycles. The van der Waals surface area contributed by atoms with Gasteiger partial charge in [-0.1, -0.05) is 0 Å². The van der Waals surface area contributed by atoms with Crippen LogP contribution >= 0.6 is 0 Å². The number of alkyl halides is 9. The maximum Gasteiger partial charge on any atom is 0.435 e. The molecule has 3 rings (SSSR count). The summed E-state index contributed by atoms with van der Waals surface area (Å²) in [5.41, 5.74) is -6.64. The van der Waals surface area contributed by atoms with Crippen molar-refractivity contribution in [1.82, 2.24) is 9.78 Å². The van der Waals surface area contributed by atoms with Crippen molar-refractivity contribution in [3.05, 3.63) is 76.9 Å². The first-order chi connectivity index (χ1) is 15.1. The highest BCUT2D eigenvalue weighted by Crippen LogP contribution is 2.37. The summed E-state index contributed by atoms with van der Waals surface area (Å²) < 4.78 is 130. The van der Waals surface area contributed by atoms with Crippen LogP contribution in [0.1, 0.15) is 27.3 Å². The van der Waals surface area contributed by atoms with E-state index in [9.17, 15) is 48.7 Å². The minimum Gasteiger partial charge on any atom is -0.322 e. The van der Waals surface area contributed by atoms with E-state index in [1.54, 1.807) is 0 Å². The number of benzene rings is 2. The third-order valence-electron chi connectivity index (χ3n) is 4.19. The summed E-state index contributed by atoms with van der Waals surface area (Å²) >= 11 is 0. The van der Waals surface area contributed by atoms with Gasteiger partial charge in [0, 0.05) is 11.8 Å². The number of anilines is 1. The smallest absolute Gasteiger partial charge is 0.322 e. The quantitative estimate of drug-likeness (QED) is 0.442. The molecule has 0 atom stereocenters. The van der Waals surface area contributed by atoms with E-state index in [1.165, 1.54) is 0 Å². The summed E-state index contributed by atoms with van der Waals surface area (Å²) in [5, 5.41) is 4.98. The number of rotatable bonds is 3. The van der Waals surface area contributed by atoms with Crippen LogP contribution in [0.5, 0.6) is 0 Å². The van der Waals surface area contributed by atoms with Crippen molar-refractivity contribution in [2.45, 2.75) is 18.5 Å². The highest BCUT2D eigenvalue weighted by atomic mass is 19.4. The zero-order valence-electron chi connectivity index (χ0n) is 15.7. The van der Waals surface area contributed by atoms with Gasteiger partial charge in [-0.25, -0.2) is 9.07 Å². The van der Waals surface area contributed by atoms with Gasteiger partial charge >= 0.3 is 18.5 Å². The molecule has 0 radical (unpaired) electrons. The number of aromatic nitrogens is 2. The first-order valence-corrected chi connectivity index (χ1v) is 8.60. The minimum absolute atomic E-state index is 0.00381. The molecule has 0 spiro atoms. The van der Waals surface area contributed by atoms with Crippen molar-refractivity contribution in [2.24, 2.45) is 0 Å². The molecule has 0 saturated heterocycles. The van der Waals surface area contributed by atoms with E-state index in [-0.39, 0.29) is 22.5 Å². The summed E-state index contributed by atoms with van der Waals surface area (Å²) in [4.78, 5) is 12.2. The number of amides is 1. The van der Waals surface area contributed by atoms with Crippen LogP contribution in [0.25, 0.3) is 5.69 Å². The van der Waals surface area contributed by atoms with E-state index < -0.39 is 58.5 Å². The molecule has 0 aliphatic carbocycles. The van der Waals surface area contributed by atoms with Gasteiger partial charge in [0.1, 0.15) is 11.5 Å². The van der Waals surface area contributed by atoms with Gasteiger partial charge in [0.2, 0.25) is 0 Å². The van der Waals surface area contributed by atoms with Crippen LogP contribution in [0.4, 0.5) is 49.6 Å². The number of carbonyl (C=O) groups excluding carboxylic acids is 1. The van der Waals surface area contributed by atoms with Crippen LogP contribution in [0.15, 0.2) is 48.5 Å². The van der Waals surface area contributed by atoms with Gasteiger partial charge in [0.05, 0.1) is 16.8 Å². The summed E-state index contributed by atoms with van der Waals surface area (Å²) in [5.74, 6) is -2.54. The van der Waals surface area contributed by atoms with Crippen LogP contribution in [0.3, 0.4) is 0 Å². The van der Waals surface area contributed by atoms with Gasteiger partial charge in [-0.15, -0.1) is 0 Å². The molecule has 3 aromatic rings. The molecule has 0 unspecified atom stereocenters. The van der Waals surface area contributed by atoms with Crippen LogP contribution in [0.2, 0.25) is 0 Å². The van der Waals surface area contributed by atoms with Gasteiger partial charge in [-0.05, 0) is 42.5 Å². The van der Waals surface area contributed by atoms with E-state index in [0.717, 1.165) is 24.3 Å². The lowest BCUT2D eigenvalue weighted by Crippen LogP contribution is -2.19.